The zero-order valence-electron chi connectivity index (χ0n) is 52.9. The number of carbonyl (C=O) groups is 2. The number of aliphatic hydroxyl groups excluding tert-OH is 2. The van der Waals surface area contributed by atoms with Crippen molar-refractivity contribution in [1.29, 1.82) is 0 Å². The highest BCUT2D eigenvalue weighted by Gasteiger charge is 2.55. The van der Waals surface area contributed by atoms with Crippen LogP contribution < -0.4 is 10.6 Å². The van der Waals surface area contributed by atoms with Gasteiger partial charge in [0.15, 0.2) is 6.29 Å². The molecule has 2 aromatic rings. The number of nitrogens with zero attached hydrogens (tertiary/aromatic N) is 2. The van der Waals surface area contributed by atoms with Crippen LogP contribution in [0.25, 0.3) is 0 Å². The fourth-order valence-electron chi connectivity index (χ4n) is 14.8. The topological polar surface area (TPSA) is 168 Å². The number of aliphatic hydroxyl groups is 4. The van der Waals surface area contributed by atoms with E-state index in [0.29, 0.717) is 38.6 Å². The van der Waals surface area contributed by atoms with Crippen molar-refractivity contribution in [3.8, 4) is 0 Å². The molecule has 6 rings (SSSR count). The number of ether oxygens (including phenoxy) is 5. The number of likely N-dealkylation sites (N-methyl/N-ethyl adjacent to an activating group) is 1. The lowest BCUT2D eigenvalue weighted by Gasteiger charge is -2.49. The zero-order valence-corrected chi connectivity index (χ0v) is 53.8. The van der Waals surface area contributed by atoms with Crippen molar-refractivity contribution >= 4 is 29.7 Å². The minimum atomic E-state index is -2.57. The van der Waals surface area contributed by atoms with Gasteiger partial charge in [-0.2, -0.15) is 0 Å². The second-order valence-electron chi connectivity index (χ2n) is 27.0. The lowest BCUT2D eigenvalue weighted by Crippen LogP contribution is -2.59. The highest BCUT2D eigenvalue weighted by atomic mass is 31.2. The van der Waals surface area contributed by atoms with Crippen molar-refractivity contribution in [3.05, 3.63) is 60.7 Å². The molecule has 3 heterocycles. The summed E-state index contributed by atoms with van der Waals surface area (Å²) in [5, 5.41) is 51.0. The van der Waals surface area contributed by atoms with Crippen LogP contribution in [0.4, 0.5) is 8.78 Å². The van der Waals surface area contributed by atoms with Crippen LogP contribution in [0, 0.1) is 17.8 Å². The molecule has 4 aliphatic rings. The van der Waals surface area contributed by atoms with Crippen molar-refractivity contribution < 1.29 is 62.5 Å². The quantitative estimate of drug-likeness (QED) is 0.0501. The molecule has 3 saturated heterocycles. The third kappa shape index (κ3) is 18.2. The first-order valence-electron chi connectivity index (χ1n) is 32.0. The van der Waals surface area contributed by atoms with E-state index >= 15 is 0 Å². The SMILES string of the molecule is CC[C@H]1OC(=O)[C@H](C)[C@@H](C2C[C@@](C)(OC)[C@@H](O)[C@H](C)O2)C[C@@H](O[C@@H]2O[C@H](C)C[C@H](N(C)C)[C@H]2O)[C@](C)(O)C[C@@H](C)CN(C(=O)CCCCCCCCCCCC[P+](c2ccccc2)(c2ccccc2)C2CCC(F)(F)CC2)[C@H](C)C[C@]1(C)O. The Morgan fingerprint density at radius 2 is 1.33 bits per heavy atom. The molecular formula is C67H110F2N2O11P+. The summed E-state index contributed by atoms with van der Waals surface area (Å²) in [6, 6.07) is 20.8. The molecule has 0 spiro atoms. The maximum atomic E-state index is 14.6. The Labute approximate surface area is 499 Å². The first-order valence-corrected chi connectivity index (χ1v) is 34.1. The van der Waals surface area contributed by atoms with Crippen LogP contribution in [-0.2, 0) is 33.3 Å². The van der Waals surface area contributed by atoms with Crippen LogP contribution in [0.5, 0.6) is 0 Å². The predicted octanol–water partition coefficient (Wildman–Crippen LogP) is 11.4. The van der Waals surface area contributed by atoms with Crippen molar-refractivity contribution in [2.75, 3.05) is 33.9 Å². The highest BCUT2D eigenvalue weighted by Crippen LogP contribution is 2.65. The first-order chi connectivity index (χ1) is 39.2. The number of esters is 1. The number of rotatable bonds is 22. The summed E-state index contributed by atoms with van der Waals surface area (Å²) < 4.78 is 61.1. The molecule has 0 bridgehead atoms. The van der Waals surface area contributed by atoms with Gasteiger partial charge in [0, 0.05) is 57.3 Å². The third-order valence-corrected chi connectivity index (χ3v) is 25.1. The van der Waals surface area contributed by atoms with Gasteiger partial charge in [-0.05, 0) is 150 Å². The van der Waals surface area contributed by atoms with Gasteiger partial charge in [0.1, 0.15) is 23.9 Å². The summed E-state index contributed by atoms with van der Waals surface area (Å²) >= 11 is 0. The summed E-state index contributed by atoms with van der Waals surface area (Å²) in [5.41, 5.74) is -3.85. The lowest BCUT2D eigenvalue weighted by atomic mass is 9.73. The number of methoxy groups -OCH3 is 1. The molecule has 472 valence electrons. The molecule has 16 atom stereocenters. The molecule has 1 saturated carbocycles. The van der Waals surface area contributed by atoms with Gasteiger partial charge in [0.25, 0.3) is 0 Å². The van der Waals surface area contributed by atoms with Gasteiger partial charge in [-0.3, -0.25) is 9.59 Å². The Balaban J connectivity index is 1.09. The minimum Gasteiger partial charge on any atom is -0.459 e. The standard InChI is InChI=1S/C67H110F2N2O11P/c1-13-57-65(8,77)43-47(3)71(59(72)34-28-20-18-16-14-15-17-19-21-29-39-83(51-30-24-22-25-31-51,52-32-26-23-27-33-52)53-35-37-67(68,69)38-36-53)45-46(2)42-64(7,76)58(82-63-60(73)55(70(10)11)40-48(4)79-63)41-54(49(5)62(75)81-57)56-44-66(9,78-12)61(74)50(6)80-56/h22-27,30-33,46-50,53-58,60-61,63,73-74,76-77H,13-21,28-29,34-45H2,1-12H3/q+1/t46-,47-,48-,49-,50+,54+,55+,56?,57-,58-,60-,61+,63+,64-,65+,66-/m1/s1. The van der Waals surface area contributed by atoms with E-state index in [-0.39, 0.29) is 68.2 Å². The Morgan fingerprint density at radius 1 is 0.771 bits per heavy atom. The van der Waals surface area contributed by atoms with Crippen molar-refractivity contribution in [1.82, 2.24) is 9.80 Å². The monoisotopic (exact) mass is 1190 g/mol. The van der Waals surface area contributed by atoms with E-state index in [4.69, 9.17) is 23.7 Å². The number of alkyl halides is 2. The van der Waals surface area contributed by atoms with Gasteiger partial charge in [-0.15, -0.1) is 0 Å². The van der Waals surface area contributed by atoms with Gasteiger partial charge in [0.05, 0.1) is 71.2 Å². The maximum Gasteiger partial charge on any atom is 0.309 e. The van der Waals surface area contributed by atoms with E-state index in [0.717, 1.165) is 70.4 Å². The number of unbranched alkanes of at least 4 members (excludes halogenated alkanes) is 9. The van der Waals surface area contributed by atoms with Crippen molar-refractivity contribution in [3.63, 3.8) is 0 Å². The molecular weight excluding hydrogens is 1080 g/mol. The van der Waals surface area contributed by atoms with Gasteiger partial charge >= 0.3 is 5.97 Å². The average Bonchev–Trinajstić information content (AvgIpc) is 2.39. The normalized spacial score (nSPS) is 35.6. The Bertz CT molecular complexity index is 2210. The average molecular weight is 1190 g/mol. The highest BCUT2D eigenvalue weighted by molar-refractivity contribution is 7.90. The van der Waals surface area contributed by atoms with E-state index in [1.165, 1.54) is 10.6 Å². The van der Waals surface area contributed by atoms with Crippen LogP contribution in [0.15, 0.2) is 60.7 Å². The maximum absolute atomic E-state index is 14.6. The molecule has 1 unspecified atom stereocenters. The second kappa shape index (κ2) is 31.0. The number of benzene rings is 2. The van der Waals surface area contributed by atoms with Crippen molar-refractivity contribution in [2.45, 2.75) is 287 Å². The Hall–Kier alpha value is -2.69. The third-order valence-electron chi connectivity index (χ3n) is 19.8. The minimum absolute atomic E-state index is 0.0229. The molecule has 2 aromatic carbocycles. The van der Waals surface area contributed by atoms with Crippen LogP contribution >= 0.6 is 7.26 Å². The van der Waals surface area contributed by atoms with Gasteiger partial charge in [0.2, 0.25) is 11.8 Å². The number of hydrogen-bond acceptors (Lipinski definition) is 12. The molecule has 13 nitrogen and oxygen atoms in total. The number of hydrogen-bond donors (Lipinski definition) is 4. The summed E-state index contributed by atoms with van der Waals surface area (Å²) in [4.78, 5) is 33.0. The molecule has 83 heavy (non-hydrogen) atoms. The van der Waals surface area contributed by atoms with Crippen LogP contribution in [0.3, 0.4) is 0 Å². The summed E-state index contributed by atoms with van der Waals surface area (Å²) in [6.45, 7) is 16.8. The smallest absolute Gasteiger partial charge is 0.309 e. The number of amides is 1. The van der Waals surface area contributed by atoms with Crippen molar-refractivity contribution in [2.24, 2.45) is 17.8 Å². The predicted molar refractivity (Wildman–Crippen MR) is 328 cm³/mol. The first kappa shape index (κ1) is 69.4. The van der Waals surface area contributed by atoms with E-state index in [1.54, 1.807) is 34.8 Å². The lowest BCUT2D eigenvalue weighted by molar-refractivity contribution is -0.293. The molecule has 4 N–H and O–H groups in total. The summed E-state index contributed by atoms with van der Waals surface area (Å²) in [6.07, 6.45) is 7.88. The van der Waals surface area contributed by atoms with Gasteiger partial charge < -0.3 is 53.9 Å². The summed E-state index contributed by atoms with van der Waals surface area (Å²) in [5.74, 6) is -4.93. The fraction of sp³-hybridized carbons (Fsp3) is 0.791. The van der Waals surface area contributed by atoms with Gasteiger partial charge in [-0.25, -0.2) is 8.78 Å². The molecule has 16 heteroatoms. The number of halogens is 2. The zero-order chi connectivity index (χ0) is 60.9. The molecule has 0 radical (unpaired) electrons. The molecule has 1 amide bonds. The second-order valence-corrected chi connectivity index (χ2v) is 31.0. The van der Waals surface area contributed by atoms with E-state index in [1.807, 2.05) is 58.5 Å². The van der Waals surface area contributed by atoms with Crippen LogP contribution in [-0.4, -0.2) is 166 Å². The molecule has 3 aliphatic heterocycles. The number of cyclic esters (lactones) is 1. The molecule has 0 aromatic heterocycles. The largest absolute Gasteiger partial charge is 0.459 e. The van der Waals surface area contributed by atoms with E-state index in [9.17, 15) is 38.8 Å². The van der Waals surface area contributed by atoms with E-state index in [2.05, 4.69) is 60.7 Å². The molecule has 1 aliphatic carbocycles. The Morgan fingerprint density at radius 3 is 1.87 bits per heavy atom. The molecule has 4 fully saturated rings. The van der Waals surface area contributed by atoms with Crippen LogP contribution in [0.2, 0.25) is 0 Å². The summed E-state index contributed by atoms with van der Waals surface area (Å²) in [7, 11) is 3.42. The fourth-order valence-corrected chi connectivity index (χ4v) is 20.1. The van der Waals surface area contributed by atoms with E-state index < -0.39 is 96.7 Å². The van der Waals surface area contributed by atoms with Crippen LogP contribution in [0.1, 0.15) is 197 Å². The van der Waals surface area contributed by atoms with Gasteiger partial charge in [-0.1, -0.05) is 102 Å². The Kier molecular flexibility index (Phi) is 25.9. The number of carbonyl (C=O) groups excluding carboxylic acids is 2.